The van der Waals surface area contributed by atoms with Crippen molar-refractivity contribution in [1.82, 2.24) is 24.9 Å². The van der Waals surface area contributed by atoms with Gasteiger partial charge in [-0.1, -0.05) is 13.0 Å². The van der Waals surface area contributed by atoms with Gasteiger partial charge in [0.1, 0.15) is 11.6 Å². The van der Waals surface area contributed by atoms with E-state index >= 15 is 0 Å². The predicted octanol–water partition coefficient (Wildman–Crippen LogP) is 4.41. The Bertz CT molecular complexity index is 1390. The number of hydrogen-bond donors (Lipinski definition) is 0. The number of benzene rings is 2. The van der Waals surface area contributed by atoms with Crippen molar-refractivity contribution in [2.24, 2.45) is 0 Å². The lowest BCUT2D eigenvalue weighted by Crippen LogP contribution is -2.30. The van der Waals surface area contributed by atoms with E-state index in [0.29, 0.717) is 17.0 Å². The number of carbonyl (C=O) groups excluding carboxylic acids is 1. The third kappa shape index (κ3) is 3.71. The summed E-state index contributed by atoms with van der Waals surface area (Å²) in [7, 11) is 0. The van der Waals surface area contributed by atoms with E-state index in [4.69, 9.17) is 4.42 Å². The van der Waals surface area contributed by atoms with Crippen LogP contribution in [0.1, 0.15) is 34.2 Å². The second kappa shape index (κ2) is 8.22. The summed E-state index contributed by atoms with van der Waals surface area (Å²) in [5.41, 5.74) is 3.87. The smallest absolute Gasteiger partial charge is 0.254 e. The molecular formula is C24H20FN5O2. The van der Waals surface area contributed by atoms with Crippen molar-refractivity contribution in [2.75, 3.05) is 0 Å². The maximum absolute atomic E-state index is 13.4. The molecule has 5 rings (SSSR count). The quantitative estimate of drug-likeness (QED) is 0.400. The lowest BCUT2D eigenvalue weighted by atomic mass is 10.1. The average Bonchev–Trinajstić information content (AvgIpc) is 3.51. The number of aryl methyl sites for hydroxylation is 1. The molecule has 0 N–H and O–H groups in total. The Kier molecular flexibility index (Phi) is 5.10. The van der Waals surface area contributed by atoms with Gasteiger partial charge >= 0.3 is 0 Å². The zero-order valence-corrected chi connectivity index (χ0v) is 17.4. The molecule has 32 heavy (non-hydrogen) atoms. The molecule has 0 fully saturated rings. The monoisotopic (exact) mass is 429 g/mol. The number of rotatable bonds is 6. The van der Waals surface area contributed by atoms with Crippen LogP contribution < -0.4 is 0 Å². The molecule has 0 saturated carbocycles. The lowest BCUT2D eigenvalue weighted by Gasteiger charge is -2.22. The molecule has 0 saturated heterocycles. The van der Waals surface area contributed by atoms with Gasteiger partial charge in [0.05, 0.1) is 24.9 Å². The van der Waals surface area contributed by atoms with Gasteiger partial charge in [-0.05, 0) is 77.0 Å². The summed E-state index contributed by atoms with van der Waals surface area (Å²) < 4.78 is 20.6. The SMILES string of the molecule is CCc1ccc2c(c1)cc(CN(Cc1ccco1)C(=O)c1ccc(F)cc1)c1nnnn12. The number of pyridine rings is 1. The van der Waals surface area contributed by atoms with E-state index in [1.165, 1.54) is 29.8 Å². The highest BCUT2D eigenvalue weighted by atomic mass is 19.1. The molecule has 8 heteroatoms. The van der Waals surface area contributed by atoms with E-state index in [2.05, 4.69) is 34.6 Å². The molecule has 0 aliphatic carbocycles. The Morgan fingerprint density at radius 3 is 2.69 bits per heavy atom. The van der Waals surface area contributed by atoms with Crippen LogP contribution in [0.5, 0.6) is 0 Å². The molecule has 0 unspecified atom stereocenters. The third-order valence-corrected chi connectivity index (χ3v) is 5.48. The lowest BCUT2D eigenvalue weighted by molar-refractivity contribution is 0.0718. The van der Waals surface area contributed by atoms with Crippen molar-refractivity contribution in [2.45, 2.75) is 26.4 Å². The summed E-state index contributed by atoms with van der Waals surface area (Å²) in [4.78, 5) is 15.0. The Labute approximate surface area is 183 Å². The molecule has 0 aliphatic heterocycles. The number of nitrogens with zero attached hydrogens (tertiary/aromatic N) is 5. The summed E-state index contributed by atoms with van der Waals surface area (Å²) >= 11 is 0. The molecule has 1 amide bonds. The number of furan rings is 1. The molecule has 0 bridgehead atoms. The zero-order valence-electron chi connectivity index (χ0n) is 17.4. The Hall–Kier alpha value is -4.07. The topological polar surface area (TPSA) is 76.5 Å². The van der Waals surface area contributed by atoms with Crippen LogP contribution in [0, 0.1) is 5.82 Å². The fourth-order valence-corrected chi connectivity index (χ4v) is 3.82. The van der Waals surface area contributed by atoms with Crippen LogP contribution in [-0.2, 0) is 19.5 Å². The number of fused-ring (bicyclic) bond motifs is 3. The van der Waals surface area contributed by atoms with Gasteiger partial charge in [0, 0.05) is 16.5 Å². The minimum Gasteiger partial charge on any atom is -0.467 e. The highest BCUT2D eigenvalue weighted by Gasteiger charge is 2.21. The van der Waals surface area contributed by atoms with Crippen LogP contribution in [0.15, 0.2) is 71.3 Å². The van der Waals surface area contributed by atoms with Gasteiger partial charge in [0.2, 0.25) is 0 Å². The zero-order chi connectivity index (χ0) is 22.1. The third-order valence-electron chi connectivity index (χ3n) is 5.48. The highest BCUT2D eigenvalue weighted by molar-refractivity contribution is 5.94. The van der Waals surface area contributed by atoms with E-state index in [0.717, 1.165) is 22.9 Å². The first-order valence-electron chi connectivity index (χ1n) is 10.3. The minimum absolute atomic E-state index is 0.241. The Balaban J connectivity index is 1.58. The van der Waals surface area contributed by atoms with Crippen molar-refractivity contribution in [1.29, 1.82) is 0 Å². The van der Waals surface area contributed by atoms with Crippen LogP contribution in [0.25, 0.3) is 16.6 Å². The van der Waals surface area contributed by atoms with Crippen LogP contribution in [0.4, 0.5) is 4.39 Å². The van der Waals surface area contributed by atoms with Gasteiger partial charge in [-0.2, -0.15) is 4.52 Å². The first-order valence-corrected chi connectivity index (χ1v) is 10.3. The van der Waals surface area contributed by atoms with E-state index < -0.39 is 5.82 Å². The number of amides is 1. The summed E-state index contributed by atoms with van der Waals surface area (Å²) in [6.45, 7) is 2.61. The van der Waals surface area contributed by atoms with Gasteiger partial charge in [-0.3, -0.25) is 4.79 Å². The number of aromatic nitrogens is 4. The van der Waals surface area contributed by atoms with Crippen molar-refractivity contribution in [3.63, 3.8) is 0 Å². The number of tetrazole rings is 1. The number of halogens is 1. The number of hydrogen-bond acceptors (Lipinski definition) is 5. The Morgan fingerprint density at radius 2 is 1.94 bits per heavy atom. The second-order valence-corrected chi connectivity index (χ2v) is 7.58. The van der Waals surface area contributed by atoms with Crippen molar-refractivity contribution in [3.05, 3.63) is 95.2 Å². The Morgan fingerprint density at radius 1 is 1.09 bits per heavy atom. The van der Waals surface area contributed by atoms with E-state index in [9.17, 15) is 9.18 Å². The normalized spacial score (nSPS) is 11.3. The van der Waals surface area contributed by atoms with Crippen molar-refractivity contribution in [3.8, 4) is 0 Å². The summed E-state index contributed by atoms with van der Waals surface area (Å²) in [5, 5.41) is 13.2. The first kappa shape index (κ1) is 19.9. The summed E-state index contributed by atoms with van der Waals surface area (Å²) in [5.74, 6) is 0.0104. The minimum atomic E-state index is -0.392. The molecule has 3 heterocycles. The van der Waals surface area contributed by atoms with Crippen LogP contribution >= 0.6 is 0 Å². The largest absolute Gasteiger partial charge is 0.467 e. The van der Waals surface area contributed by atoms with Crippen molar-refractivity contribution >= 4 is 22.5 Å². The molecule has 3 aromatic heterocycles. The van der Waals surface area contributed by atoms with Crippen LogP contribution in [0.3, 0.4) is 0 Å². The predicted molar refractivity (Wildman–Crippen MR) is 116 cm³/mol. The summed E-state index contributed by atoms with van der Waals surface area (Å²) in [6, 6.07) is 17.3. The first-order chi connectivity index (χ1) is 15.6. The molecule has 5 aromatic rings. The van der Waals surface area contributed by atoms with Gasteiger partial charge in [0.15, 0.2) is 5.65 Å². The molecule has 0 aliphatic rings. The standard InChI is InChI=1S/C24H20FN5O2/c1-2-16-5-10-22-18(12-16)13-19(23-26-27-28-30(22)23)14-29(15-21-4-3-11-32-21)24(31)17-6-8-20(25)9-7-17/h3-13H,2,14-15H2,1H3. The maximum Gasteiger partial charge on any atom is 0.254 e. The highest BCUT2D eigenvalue weighted by Crippen LogP contribution is 2.23. The fraction of sp³-hybridized carbons (Fsp3) is 0.167. The van der Waals surface area contributed by atoms with Gasteiger partial charge < -0.3 is 9.32 Å². The molecule has 2 aromatic carbocycles. The average molecular weight is 429 g/mol. The summed E-state index contributed by atoms with van der Waals surface area (Å²) in [6.07, 6.45) is 2.48. The number of carbonyl (C=O) groups is 1. The molecule has 0 radical (unpaired) electrons. The van der Waals surface area contributed by atoms with Gasteiger partial charge in [-0.15, -0.1) is 5.10 Å². The molecule has 0 spiro atoms. The van der Waals surface area contributed by atoms with E-state index in [-0.39, 0.29) is 19.0 Å². The van der Waals surface area contributed by atoms with Crippen molar-refractivity contribution < 1.29 is 13.6 Å². The fourth-order valence-electron chi connectivity index (χ4n) is 3.82. The van der Waals surface area contributed by atoms with Crippen LogP contribution in [0.2, 0.25) is 0 Å². The molecule has 7 nitrogen and oxygen atoms in total. The molecular weight excluding hydrogens is 409 g/mol. The molecule has 0 atom stereocenters. The molecule has 160 valence electrons. The second-order valence-electron chi connectivity index (χ2n) is 7.58. The van der Waals surface area contributed by atoms with E-state index in [1.54, 1.807) is 21.7 Å². The van der Waals surface area contributed by atoms with E-state index in [1.807, 2.05) is 18.2 Å². The van der Waals surface area contributed by atoms with Gasteiger partial charge in [0.25, 0.3) is 5.91 Å². The van der Waals surface area contributed by atoms with Crippen LogP contribution in [-0.4, -0.2) is 30.8 Å². The maximum atomic E-state index is 13.4. The van der Waals surface area contributed by atoms with Gasteiger partial charge in [-0.25, -0.2) is 4.39 Å².